The Hall–Kier alpha value is -2.31. The highest BCUT2D eigenvalue weighted by atomic mass is 35.5. The van der Waals surface area contributed by atoms with E-state index in [2.05, 4.69) is 4.52 Å². The van der Waals surface area contributed by atoms with Crippen LogP contribution in [-0.2, 0) is 21.4 Å². The van der Waals surface area contributed by atoms with Crippen LogP contribution in [0.3, 0.4) is 0 Å². The molecule has 15 heteroatoms. The van der Waals surface area contributed by atoms with Crippen LogP contribution in [0.4, 0.5) is 32.0 Å². The third-order valence-electron chi connectivity index (χ3n) is 3.62. The van der Waals surface area contributed by atoms with Crippen molar-refractivity contribution in [2.45, 2.75) is 12.4 Å². The third kappa shape index (κ3) is 7.10. The highest BCUT2D eigenvalue weighted by Gasteiger charge is 2.37. The van der Waals surface area contributed by atoms with Crippen LogP contribution in [0.1, 0.15) is 21.5 Å². The zero-order valence-electron chi connectivity index (χ0n) is 15.6. The molecular weight excluding hydrogens is 493 g/mol. The van der Waals surface area contributed by atoms with E-state index in [-0.39, 0.29) is 24.2 Å². The van der Waals surface area contributed by atoms with E-state index < -0.39 is 54.2 Å². The van der Waals surface area contributed by atoms with E-state index >= 15 is 0 Å². The number of hydrogen-bond donors (Lipinski definition) is 3. The first-order chi connectivity index (χ1) is 14.6. The Labute approximate surface area is 181 Å². The molecule has 4 N–H and O–H groups in total. The molecule has 0 saturated carbocycles. The Morgan fingerprint density at radius 3 is 2.12 bits per heavy atom. The van der Waals surface area contributed by atoms with Gasteiger partial charge in [-0.2, -0.15) is 26.3 Å². The third-order valence-corrected chi connectivity index (χ3v) is 4.79. The molecule has 0 heterocycles. The summed E-state index contributed by atoms with van der Waals surface area (Å²) in [7, 11) is -4.76. The Bertz CT molecular complexity index is 1010. The molecule has 2 aromatic rings. The molecule has 0 saturated heterocycles. The Kier molecular flexibility index (Phi) is 7.84. The molecule has 32 heavy (non-hydrogen) atoms. The summed E-state index contributed by atoms with van der Waals surface area (Å²) < 4.78 is 99.2. The molecule has 2 aromatic carbocycles. The lowest BCUT2D eigenvalue weighted by atomic mass is 10.1. The van der Waals surface area contributed by atoms with Crippen molar-refractivity contribution in [1.82, 2.24) is 0 Å². The topological polar surface area (TPSA) is 111 Å². The summed E-state index contributed by atoms with van der Waals surface area (Å²) in [6.07, 6.45) is -10.3. The van der Waals surface area contributed by atoms with Gasteiger partial charge in [-0.25, -0.2) is 4.57 Å². The van der Waals surface area contributed by atoms with Crippen LogP contribution in [0.25, 0.3) is 0 Å². The van der Waals surface area contributed by atoms with Crippen molar-refractivity contribution >= 4 is 31.0 Å². The monoisotopic (exact) mass is 506 g/mol. The van der Waals surface area contributed by atoms with E-state index in [9.17, 15) is 40.6 Å². The first kappa shape index (κ1) is 25.9. The lowest BCUT2D eigenvalue weighted by Gasteiger charge is -2.17. The number of amides is 1. The normalized spacial score (nSPS) is 14.0. The van der Waals surface area contributed by atoms with Crippen LogP contribution in [-0.4, -0.2) is 24.0 Å². The summed E-state index contributed by atoms with van der Waals surface area (Å²) >= 11 is 5.78. The van der Waals surface area contributed by atoms with E-state index in [4.69, 9.17) is 21.9 Å². The van der Waals surface area contributed by atoms with Gasteiger partial charge in [0.25, 0.3) is 5.91 Å². The van der Waals surface area contributed by atoms with E-state index in [1.807, 2.05) is 5.32 Å². The van der Waals surface area contributed by atoms with Gasteiger partial charge in [0, 0.05) is 17.3 Å². The van der Waals surface area contributed by atoms with Gasteiger partial charge in [0.05, 0.1) is 23.3 Å². The van der Waals surface area contributed by atoms with Crippen LogP contribution >= 0.6 is 19.4 Å². The number of nitrogens with one attached hydrogen (secondary N) is 1. The molecular formula is C17H14ClF6N2O5P. The fourth-order valence-corrected chi connectivity index (χ4v) is 3.27. The second kappa shape index (κ2) is 9.67. The van der Waals surface area contributed by atoms with Crippen LogP contribution < -0.4 is 15.6 Å². The predicted octanol–water partition coefficient (Wildman–Crippen LogP) is 5.08. The SMILES string of the molecule is NCCOP(=O)(O)Oc1ccc(Cl)cc1C(=O)Nc1cc(C(F)(F)F)cc(C(F)(F)F)c1. The van der Waals surface area contributed by atoms with Crippen LogP contribution in [0.2, 0.25) is 5.02 Å². The highest BCUT2D eigenvalue weighted by molar-refractivity contribution is 7.47. The number of hydrogen-bond acceptors (Lipinski definition) is 5. The number of nitrogens with two attached hydrogens (primary N) is 1. The van der Waals surface area contributed by atoms with Gasteiger partial charge in [-0.3, -0.25) is 14.2 Å². The number of alkyl halides is 6. The first-order valence-corrected chi connectivity index (χ1v) is 10.3. The zero-order valence-corrected chi connectivity index (χ0v) is 17.3. The minimum Gasteiger partial charge on any atom is -0.403 e. The van der Waals surface area contributed by atoms with Gasteiger partial charge in [0.1, 0.15) is 5.75 Å². The molecule has 0 fully saturated rings. The number of halogens is 7. The maximum absolute atomic E-state index is 13.0. The summed E-state index contributed by atoms with van der Waals surface area (Å²) in [5.41, 5.74) is 0.440. The molecule has 0 aromatic heterocycles. The predicted molar refractivity (Wildman–Crippen MR) is 101 cm³/mol. The van der Waals surface area contributed by atoms with Crippen molar-refractivity contribution in [3.05, 3.63) is 58.1 Å². The number of carbonyl (C=O) groups excluding carboxylic acids is 1. The van der Waals surface area contributed by atoms with Crippen molar-refractivity contribution < 1.29 is 49.6 Å². The molecule has 1 amide bonds. The van der Waals surface area contributed by atoms with Crippen LogP contribution in [0, 0.1) is 0 Å². The van der Waals surface area contributed by atoms with Crippen molar-refractivity contribution in [2.24, 2.45) is 5.73 Å². The number of anilines is 1. The van der Waals surface area contributed by atoms with Crippen molar-refractivity contribution in [3.8, 4) is 5.75 Å². The lowest BCUT2D eigenvalue weighted by Crippen LogP contribution is -2.17. The van der Waals surface area contributed by atoms with E-state index in [1.54, 1.807) is 0 Å². The summed E-state index contributed by atoms with van der Waals surface area (Å²) in [6, 6.07) is 3.54. The molecule has 2 rings (SSSR count). The quantitative estimate of drug-likeness (QED) is 0.357. The van der Waals surface area contributed by atoms with Crippen LogP contribution in [0.5, 0.6) is 5.75 Å². The molecule has 0 aliphatic heterocycles. The molecule has 7 nitrogen and oxygen atoms in total. The maximum Gasteiger partial charge on any atom is 0.527 e. The van der Waals surface area contributed by atoms with Crippen molar-refractivity contribution in [1.29, 1.82) is 0 Å². The average molecular weight is 507 g/mol. The minimum absolute atomic E-state index is 0.0850. The Balaban J connectivity index is 2.43. The first-order valence-electron chi connectivity index (χ1n) is 8.40. The number of carbonyl (C=O) groups is 1. The molecule has 0 aliphatic rings. The second-order valence-electron chi connectivity index (χ2n) is 6.07. The number of phosphoric acid groups is 1. The fraction of sp³-hybridized carbons (Fsp3) is 0.235. The molecule has 0 radical (unpaired) electrons. The second-order valence-corrected chi connectivity index (χ2v) is 7.89. The van der Waals surface area contributed by atoms with Crippen molar-refractivity contribution in [2.75, 3.05) is 18.5 Å². The fourth-order valence-electron chi connectivity index (χ4n) is 2.30. The molecule has 0 bridgehead atoms. The van der Waals surface area contributed by atoms with E-state index in [0.717, 1.165) is 18.2 Å². The van der Waals surface area contributed by atoms with Crippen LogP contribution in [0.15, 0.2) is 36.4 Å². The highest BCUT2D eigenvalue weighted by Crippen LogP contribution is 2.45. The maximum atomic E-state index is 13.0. The average Bonchev–Trinajstić information content (AvgIpc) is 2.66. The molecule has 1 atom stereocenters. The summed E-state index contributed by atoms with van der Waals surface area (Å²) in [5, 5.41) is 1.79. The Morgan fingerprint density at radius 1 is 1.06 bits per heavy atom. The number of phosphoric ester groups is 1. The molecule has 0 spiro atoms. The number of rotatable bonds is 7. The lowest BCUT2D eigenvalue weighted by molar-refractivity contribution is -0.143. The standard InChI is InChI=1S/C17H14ClF6N2O5P/c18-11-1-2-14(31-32(28,29)30-4-3-25)13(8-11)15(27)26-12-6-9(16(19,20)21)5-10(7-12)17(22,23)24/h1-2,5-8H,3-4,25H2,(H,26,27)(H,28,29). The van der Waals surface area contributed by atoms with Crippen molar-refractivity contribution in [3.63, 3.8) is 0 Å². The smallest absolute Gasteiger partial charge is 0.403 e. The molecule has 176 valence electrons. The van der Waals surface area contributed by atoms with E-state index in [1.165, 1.54) is 0 Å². The Morgan fingerprint density at radius 2 is 1.62 bits per heavy atom. The van der Waals surface area contributed by atoms with Gasteiger partial charge in [-0.1, -0.05) is 11.6 Å². The molecule has 0 aliphatic carbocycles. The van der Waals surface area contributed by atoms with Gasteiger partial charge >= 0.3 is 20.2 Å². The van der Waals surface area contributed by atoms with E-state index in [0.29, 0.717) is 12.1 Å². The largest absolute Gasteiger partial charge is 0.527 e. The zero-order chi connectivity index (χ0) is 24.3. The summed E-state index contributed by atoms with van der Waals surface area (Å²) in [4.78, 5) is 22.2. The van der Waals surface area contributed by atoms with Gasteiger partial charge < -0.3 is 15.6 Å². The van der Waals surface area contributed by atoms with Gasteiger partial charge in [-0.05, 0) is 36.4 Å². The summed E-state index contributed by atoms with van der Waals surface area (Å²) in [5.74, 6) is -1.84. The molecule has 1 unspecified atom stereocenters. The summed E-state index contributed by atoms with van der Waals surface area (Å²) in [6.45, 7) is -0.522. The van der Waals surface area contributed by atoms with Gasteiger partial charge in [0.15, 0.2) is 0 Å². The number of benzene rings is 2. The van der Waals surface area contributed by atoms with Gasteiger partial charge in [0.2, 0.25) is 0 Å². The van der Waals surface area contributed by atoms with Gasteiger partial charge in [-0.15, -0.1) is 0 Å². The minimum atomic E-state index is -5.13.